The molecule has 1 aromatic heterocycles. The van der Waals surface area contributed by atoms with Crippen LogP contribution >= 0.6 is 0 Å². The van der Waals surface area contributed by atoms with Gasteiger partial charge in [0.1, 0.15) is 11.3 Å². The Kier molecular flexibility index (Phi) is 6.67. The van der Waals surface area contributed by atoms with Gasteiger partial charge in [-0.05, 0) is 37.1 Å². The summed E-state index contributed by atoms with van der Waals surface area (Å²) in [6.07, 6.45) is 0.518. The molecule has 6 heteroatoms. The van der Waals surface area contributed by atoms with Crippen molar-refractivity contribution >= 4 is 16.9 Å². The first kappa shape index (κ1) is 20.6. The highest BCUT2D eigenvalue weighted by molar-refractivity contribution is 5.86. The fourth-order valence-corrected chi connectivity index (χ4v) is 3.22. The summed E-state index contributed by atoms with van der Waals surface area (Å²) in [6.45, 7) is 4.50. The van der Waals surface area contributed by atoms with E-state index in [9.17, 15) is 9.59 Å². The number of benzene rings is 2. The van der Waals surface area contributed by atoms with Gasteiger partial charge in [-0.15, -0.1) is 0 Å². The third kappa shape index (κ3) is 4.84. The van der Waals surface area contributed by atoms with Crippen molar-refractivity contribution in [2.24, 2.45) is 0 Å². The number of amides is 1. The zero-order valence-electron chi connectivity index (χ0n) is 16.9. The Morgan fingerprint density at radius 2 is 1.83 bits per heavy atom. The summed E-state index contributed by atoms with van der Waals surface area (Å²) in [4.78, 5) is 24.5. The highest BCUT2D eigenvalue weighted by Gasteiger charge is 2.16. The van der Waals surface area contributed by atoms with Gasteiger partial charge >= 0.3 is 5.63 Å². The van der Waals surface area contributed by atoms with Crippen molar-refractivity contribution in [3.8, 4) is 5.75 Å². The van der Waals surface area contributed by atoms with Gasteiger partial charge in [-0.1, -0.05) is 30.3 Å². The standard InChI is InChI=1S/C23H25NO5/c1-15-18-9-10-20(28-14-21(25)24-11-12-27-3)16(2)22(18)29-23(26)19(15)13-17-7-5-4-6-8-17/h4-10H,11-14H2,1-3H3,(H,24,25). The minimum absolute atomic E-state index is 0.120. The summed E-state index contributed by atoms with van der Waals surface area (Å²) < 4.78 is 16.2. The highest BCUT2D eigenvalue weighted by atomic mass is 16.5. The molecule has 0 unspecified atom stereocenters. The Bertz CT molecular complexity index is 1060. The Hall–Kier alpha value is -3.12. The molecule has 152 valence electrons. The van der Waals surface area contributed by atoms with Crippen LogP contribution in [0.5, 0.6) is 5.75 Å². The molecule has 0 aliphatic heterocycles. The van der Waals surface area contributed by atoms with Crippen LogP contribution in [0, 0.1) is 13.8 Å². The topological polar surface area (TPSA) is 77.8 Å². The highest BCUT2D eigenvalue weighted by Crippen LogP contribution is 2.30. The maximum atomic E-state index is 12.7. The van der Waals surface area contributed by atoms with E-state index >= 15 is 0 Å². The normalized spacial score (nSPS) is 10.9. The van der Waals surface area contributed by atoms with Crippen LogP contribution in [0.15, 0.2) is 51.7 Å². The molecule has 0 aliphatic rings. The van der Waals surface area contributed by atoms with Crippen LogP contribution in [0.1, 0.15) is 22.3 Å². The maximum absolute atomic E-state index is 12.7. The lowest BCUT2D eigenvalue weighted by Crippen LogP contribution is -2.31. The van der Waals surface area contributed by atoms with E-state index in [0.29, 0.717) is 42.0 Å². The van der Waals surface area contributed by atoms with Crippen molar-refractivity contribution in [3.05, 3.63) is 75.1 Å². The predicted octanol–water partition coefficient (Wildman–Crippen LogP) is 3.14. The maximum Gasteiger partial charge on any atom is 0.340 e. The largest absolute Gasteiger partial charge is 0.483 e. The Balaban J connectivity index is 1.84. The van der Waals surface area contributed by atoms with Gasteiger partial charge in [-0.3, -0.25) is 4.79 Å². The van der Waals surface area contributed by atoms with E-state index in [1.165, 1.54) is 0 Å². The molecule has 0 saturated carbocycles. The third-order valence-corrected chi connectivity index (χ3v) is 4.86. The predicted molar refractivity (Wildman–Crippen MR) is 112 cm³/mol. The van der Waals surface area contributed by atoms with Crippen LogP contribution in [0.2, 0.25) is 0 Å². The second-order valence-electron chi connectivity index (χ2n) is 6.85. The Morgan fingerprint density at radius 3 is 2.55 bits per heavy atom. The second kappa shape index (κ2) is 9.39. The summed E-state index contributed by atoms with van der Waals surface area (Å²) in [7, 11) is 1.57. The molecule has 1 N–H and O–H groups in total. The minimum Gasteiger partial charge on any atom is -0.483 e. The zero-order chi connectivity index (χ0) is 20.8. The Labute approximate surface area is 169 Å². The molecule has 29 heavy (non-hydrogen) atoms. The molecule has 0 bridgehead atoms. The SMILES string of the molecule is COCCNC(=O)COc1ccc2c(C)c(Cc3ccccc3)c(=O)oc2c1C. The fourth-order valence-electron chi connectivity index (χ4n) is 3.22. The number of fused-ring (bicyclic) bond motifs is 1. The summed E-state index contributed by atoms with van der Waals surface area (Å²) in [6, 6.07) is 13.5. The van der Waals surface area contributed by atoms with Gasteiger partial charge in [0.25, 0.3) is 5.91 Å². The summed E-state index contributed by atoms with van der Waals surface area (Å²) in [5.41, 5.74) is 3.43. The van der Waals surface area contributed by atoms with Crippen molar-refractivity contribution in [3.63, 3.8) is 0 Å². The molecule has 0 aliphatic carbocycles. The van der Waals surface area contributed by atoms with Crippen LogP contribution in [0.3, 0.4) is 0 Å². The van der Waals surface area contributed by atoms with Crippen molar-refractivity contribution in [1.29, 1.82) is 0 Å². The van der Waals surface area contributed by atoms with Gasteiger partial charge in [-0.2, -0.15) is 0 Å². The molecule has 3 rings (SSSR count). The van der Waals surface area contributed by atoms with Gasteiger partial charge in [0, 0.05) is 36.6 Å². The average Bonchev–Trinajstić information content (AvgIpc) is 2.72. The van der Waals surface area contributed by atoms with Crippen molar-refractivity contribution in [2.45, 2.75) is 20.3 Å². The summed E-state index contributed by atoms with van der Waals surface area (Å²) in [5.74, 6) is 0.273. The van der Waals surface area contributed by atoms with Gasteiger partial charge in [0.2, 0.25) is 0 Å². The Morgan fingerprint density at radius 1 is 1.07 bits per heavy atom. The van der Waals surface area contributed by atoms with Crippen LogP contribution in [-0.2, 0) is 16.0 Å². The lowest BCUT2D eigenvalue weighted by molar-refractivity contribution is -0.123. The molecule has 0 spiro atoms. The number of carbonyl (C=O) groups excluding carboxylic acids is 1. The van der Waals surface area contributed by atoms with Crippen LogP contribution in [0.25, 0.3) is 11.0 Å². The van der Waals surface area contributed by atoms with E-state index in [1.807, 2.05) is 50.2 Å². The number of ether oxygens (including phenoxy) is 2. The molecule has 6 nitrogen and oxygen atoms in total. The van der Waals surface area contributed by atoms with Crippen molar-refractivity contribution in [2.75, 3.05) is 26.9 Å². The number of rotatable bonds is 8. The molecule has 1 heterocycles. The number of methoxy groups -OCH3 is 1. The smallest absolute Gasteiger partial charge is 0.340 e. The quantitative estimate of drug-likeness (QED) is 0.468. The fraction of sp³-hybridized carbons (Fsp3) is 0.304. The number of carbonyl (C=O) groups is 1. The first-order valence-electron chi connectivity index (χ1n) is 9.49. The first-order valence-corrected chi connectivity index (χ1v) is 9.49. The van der Waals surface area contributed by atoms with E-state index in [4.69, 9.17) is 13.9 Å². The number of aryl methyl sites for hydroxylation is 2. The van der Waals surface area contributed by atoms with Crippen LogP contribution in [0.4, 0.5) is 0 Å². The lowest BCUT2D eigenvalue weighted by atomic mass is 9.98. The third-order valence-electron chi connectivity index (χ3n) is 4.86. The van der Waals surface area contributed by atoms with E-state index in [0.717, 1.165) is 16.5 Å². The molecule has 0 atom stereocenters. The van der Waals surface area contributed by atoms with E-state index in [2.05, 4.69) is 5.32 Å². The summed E-state index contributed by atoms with van der Waals surface area (Å²) in [5, 5.41) is 3.56. The first-order chi connectivity index (χ1) is 14.0. The van der Waals surface area contributed by atoms with Gasteiger partial charge < -0.3 is 19.2 Å². The van der Waals surface area contributed by atoms with E-state index in [1.54, 1.807) is 13.2 Å². The zero-order valence-corrected chi connectivity index (χ0v) is 16.9. The number of nitrogens with one attached hydrogen (secondary N) is 1. The molecule has 0 saturated heterocycles. The second-order valence-corrected chi connectivity index (χ2v) is 6.85. The molecular weight excluding hydrogens is 370 g/mol. The van der Waals surface area contributed by atoms with Crippen molar-refractivity contribution < 1.29 is 18.7 Å². The monoisotopic (exact) mass is 395 g/mol. The molecular formula is C23H25NO5. The average molecular weight is 395 g/mol. The van der Waals surface area contributed by atoms with E-state index < -0.39 is 0 Å². The minimum atomic E-state index is -0.351. The van der Waals surface area contributed by atoms with Crippen molar-refractivity contribution in [1.82, 2.24) is 5.32 Å². The number of hydrogen-bond acceptors (Lipinski definition) is 5. The molecule has 2 aromatic carbocycles. The van der Waals surface area contributed by atoms with Crippen LogP contribution < -0.4 is 15.7 Å². The van der Waals surface area contributed by atoms with Gasteiger partial charge in [-0.25, -0.2) is 4.79 Å². The number of hydrogen-bond donors (Lipinski definition) is 1. The van der Waals surface area contributed by atoms with Gasteiger partial charge in [0.15, 0.2) is 6.61 Å². The molecule has 1 amide bonds. The van der Waals surface area contributed by atoms with Crippen LogP contribution in [-0.4, -0.2) is 32.8 Å². The lowest BCUT2D eigenvalue weighted by Gasteiger charge is -2.13. The summed E-state index contributed by atoms with van der Waals surface area (Å²) >= 11 is 0. The molecule has 0 radical (unpaired) electrons. The molecule has 0 fully saturated rings. The molecule has 3 aromatic rings. The van der Waals surface area contributed by atoms with E-state index in [-0.39, 0.29) is 18.1 Å². The van der Waals surface area contributed by atoms with Gasteiger partial charge in [0.05, 0.1) is 6.61 Å².